The van der Waals surface area contributed by atoms with Gasteiger partial charge in [-0.05, 0) is 39.3 Å². The Morgan fingerprint density at radius 1 is 1.36 bits per heavy atom. The summed E-state index contributed by atoms with van der Waals surface area (Å²) in [5.74, 6) is 0. The van der Waals surface area contributed by atoms with Crippen LogP contribution in [0.4, 0.5) is 0 Å². The number of hydrogen-bond donors (Lipinski definition) is 1. The summed E-state index contributed by atoms with van der Waals surface area (Å²) in [4.78, 5) is 2.64. The van der Waals surface area contributed by atoms with Gasteiger partial charge >= 0.3 is 0 Å². The molecule has 0 amide bonds. The third kappa shape index (κ3) is 1.82. The van der Waals surface area contributed by atoms with E-state index in [1.165, 1.54) is 15.3 Å². The molecule has 0 atom stereocenters. The van der Waals surface area contributed by atoms with Crippen LogP contribution in [0.15, 0.2) is 6.07 Å². The van der Waals surface area contributed by atoms with Gasteiger partial charge in [0.2, 0.25) is 0 Å². The van der Waals surface area contributed by atoms with Gasteiger partial charge in [0, 0.05) is 15.3 Å². The van der Waals surface area contributed by atoms with Crippen LogP contribution in [0.2, 0.25) is 0 Å². The normalized spacial score (nSPS) is 12.1. The Hall–Kier alpha value is -0.340. The molecule has 1 rings (SSSR count). The van der Waals surface area contributed by atoms with Crippen molar-refractivity contribution in [2.45, 2.75) is 33.2 Å². The van der Waals surface area contributed by atoms with Gasteiger partial charge in [0.15, 0.2) is 0 Å². The first-order valence-electron chi connectivity index (χ1n) is 3.77. The van der Waals surface area contributed by atoms with Crippen LogP contribution in [0.25, 0.3) is 0 Å². The molecule has 62 valence electrons. The Morgan fingerprint density at radius 3 is 2.09 bits per heavy atom. The Labute approximate surface area is 72.2 Å². The summed E-state index contributed by atoms with van der Waals surface area (Å²) in [6, 6.07) is 2.18. The van der Waals surface area contributed by atoms with Crippen molar-refractivity contribution >= 4 is 11.3 Å². The summed E-state index contributed by atoms with van der Waals surface area (Å²) in [5.41, 5.74) is 7.12. The second kappa shape index (κ2) is 2.61. The molecule has 0 aliphatic heterocycles. The van der Waals surface area contributed by atoms with Crippen LogP contribution < -0.4 is 5.73 Å². The quantitative estimate of drug-likeness (QED) is 0.687. The lowest BCUT2D eigenvalue weighted by Crippen LogP contribution is -2.27. The van der Waals surface area contributed by atoms with E-state index in [0.29, 0.717) is 0 Å². The van der Waals surface area contributed by atoms with E-state index in [1.807, 2.05) is 13.8 Å². The highest BCUT2D eigenvalue weighted by Crippen LogP contribution is 2.28. The summed E-state index contributed by atoms with van der Waals surface area (Å²) < 4.78 is 0. The van der Waals surface area contributed by atoms with E-state index in [1.54, 1.807) is 11.3 Å². The van der Waals surface area contributed by atoms with Crippen LogP contribution in [0.5, 0.6) is 0 Å². The Bertz CT molecular complexity index is 236. The van der Waals surface area contributed by atoms with Crippen LogP contribution >= 0.6 is 11.3 Å². The van der Waals surface area contributed by atoms with E-state index in [0.717, 1.165) is 0 Å². The molecule has 0 radical (unpaired) electrons. The molecule has 2 N–H and O–H groups in total. The van der Waals surface area contributed by atoms with Crippen LogP contribution in [0.3, 0.4) is 0 Å². The average molecular weight is 169 g/mol. The van der Waals surface area contributed by atoms with Crippen molar-refractivity contribution in [3.05, 3.63) is 21.4 Å². The van der Waals surface area contributed by atoms with Gasteiger partial charge in [-0.15, -0.1) is 11.3 Å². The highest BCUT2D eigenvalue weighted by molar-refractivity contribution is 7.12. The van der Waals surface area contributed by atoms with Gasteiger partial charge in [0.25, 0.3) is 0 Å². The molecule has 0 spiro atoms. The minimum atomic E-state index is -0.177. The molecule has 0 fully saturated rings. The summed E-state index contributed by atoms with van der Waals surface area (Å²) in [6.45, 7) is 8.34. The van der Waals surface area contributed by atoms with E-state index in [2.05, 4.69) is 19.9 Å². The molecule has 0 saturated carbocycles. The molecule has 0 saturated heterocycles. The van der Waals surface area contributed by atoms with Gasteiger partial charge in [-0.1, -0.05) is 0 Å². The van der Waals surface area contributed by atoms with Crippen molar-refractivity contribution in [2.24, 2.45) is 5.73 Å². The number of aryl methyl sites for hydroxylation is 2. The smallest absolute Gasteiger partial charge is 0.0446 e. The number of nitrogens with two attached hydrogens (primary N) is 1. The summed E-state index contributed by atoms with van der Waals surface area (Å²) >= 11 is 1.80. The third-order valence-corrected chi connectivity index (χ3v) is 3.29. The van der Waals surface area contributed by atoms with E-state index < -0.39 is 0 Å². The summed E-state index contributed by atoms with van der Waals surface area (Å²) in [5, 5.41) is 0. The van der Waals surface area contributed by atoms with Gasteiger partial charge in [-0.2, -0.15) is 0 Å². The monoisotopic (exact) mass is 169 g/mol. The predicted octanol–water partition coefficient (Wildman–Crippen LogP) is 2.56. The molecule has 1 aromatic rings. The molecule has 0 bridgehead atoms. The predicted molar refractivity (Wildman–Crippen MR) is 51.0 cm³/mol. The Balaban J connectivity index is 3.08. The molecular formula is C9H15NS. The topological polar surface area (TPSA) is 26.0 Å². The fraction of sp³-hybridized carbons (Fsp3) is 0.556. The molecule has 2 heteroatoms. The van der Waals surface area contributed by atoms with Gasteiger partial charge < -0.3 is 5.73 Å². The first-order chi connectivity index (χ1) is 4.91. The average Bonchev–Trinajstić information content (AvgIpc) is 2.11. The highest BCUT2D eigenvalue weighted by atomic mass is 32.1. The minimum Gasteiger partial charge on any atom is -0.321 e. The molecule has 0 unspecified atom stereocenters. The Morgan fingerprint density at radius 2 is 1.91 bits per heavy atom. The van der Waals surface area contributed by atoms with E-state index in [-0.39, 0.29) is 5.54 Å². The number of hydrogen-bond acceptors (Lipinski definition) is 2. The van der Waals surface area contributed by atoms with Gasteiger partial charge in [-0.25, -0.2) is 0 Å². The van der Waals surface area contributed by atoms with E-state index in [4.69, 9.17) is 5.73 Å². The van der Waals surface area contributed by atoms with E-state index >= 15 is 0 Å². The number of rotatable bonds is 1. The fourth-order valence-corrected chi connectivity index (χ4v) is 1.94. The van der Waals surface area contributed by atoms with Gasteiger partial charge in [0.05, 0.1) is 0 Å². The second-order valence-corrected chi connectivity index (χ2v) is 4.83. The molecular weight excluding hydrogens is 154 g/mol. The summed E-state index contributed by atoms with van der Waals surface area (Å²) in [7, 11) is 0. The number of thiophene rings is 1. The zero-order valence-electron chi connectivity index (χ0n) is 7.56. The largest absolute Gasteiger partial charge is 0.321 e. The maximum absolute atomic E-state index is 5.95. The summed E-state index contributed by atoms with van der Waals surface area (Å²) in [6.07, 6.45) is 0. The fourth-order valence-electron chi connectivity index (χ4n) is 0.891. The van der Waals surface area contributed by atoms with Crippen LogP contribution in [0, 0.1) is 13.8 Å². The third-order valence-electron chi connectivity index (χ3n) is 1.80. The van der Waals surface area contributed by atoms with Crippen molar-refractivity contribution in [1.82, 2.24) is 0 Å². The van der Waals surface area contributed by atoms with Crippen molar-refractivity contribution in [2.75, 3.05) is 0 Å². The molecule has 0 aliphatic rings. The lowest BCUT2D eigenvalue weighted by molar-refractivity contribution is 0.567. The van der Waals surface area contributed by atoms with Crippen LogP contribution in [-0.2, 0) is 5.54 Å². The zero-order valence-corrected chi connectivity index (χ0v) is 8.38. The molecule has 0 aliphatic carbocycles. The maximum Gasteiger partial charge on any atom is 0.0446 e. The second-order valence-electron chi connectivity index (χ2n) is 3.57. The lowest BCUT2D eigenvalue weighted by Gasteiger charge is -2.15. The van der Waals surface area contributed by atoms with E-state index in [9.17, 15) is 0 Å². The SMILES string of the molecule is Cc1cc(C(C)(C)N)sc1C. The molecule has 1 aromatic heterocycles. The first kappa shape index (κ1) is 8.75. The van der Waals surface area contributed by atoms with Crippen molar-refractivity contribution in [3.63, 3.8) is 0 Å². The van der Waals surface area contributed by atoms with Gasteiger partial charge in [0.1, 0.15) is 0 Å². The van der Waals surface area contributed by atoms with Crippen LogP contribution in [-0.4, -0.2) is 0 Å². The molecule has 11 heavy (non-hydrogen) atoms. The molecule has 1 nitrogen and oxygen atoms in total. The highest BCUT2D eigenvalue weighted by Gasteiger charge is 2.16. The standard InChI is InChI=1S/C9H15NS/c1-6-5-8(9(3,4)10)11-7(6)2/h5H,10H2,1-4H3. The maximum atomic E-state index is 5.95. The van der Waals surface area contributed by atoms with Crippen molar-refractivity contribution in [3.8, 4) is 0 Å². The lowest BCUT2D eigenvalue weighted by atomic mass is 10.0. The Kier molecular flexibility index (Phi) is 2.08. The van der Waals surface area contributed by atoms with Gasteiger partial charge in [-0.3, -0.25) is 0 Å². The molecule has 1 heterocycles. The molecule has 0 aromatic carbocycles. The van der Waals surface area contributed by atoms with Crippen LogP contribution in [0.1, 0.15) is 29.2 Å². The van der Waals surface area contributed by atoms with Crippen molar-refractivity contribution in [1.29, 1.82) is 0 Å². The first-order valence-corrected chi connectivity index (χ1v) is 4.59. The minimum absolute atomic E-state index is 0.177. The van der Waals surface area contributed by atoms with Crippen molar-refractivity contribution < 1.29 is 0 Å². The zero-order chi connectivity index (χ0) is 8.65.